The lowest BCUT2D eigenvalue weighted by molar-refractivity contribution is 0.0505. The minimum Gasteiger partial charge on any atom is -0.462 e. The van der Waals surface area contributed by atoms with E-state index in [2.05, 4.69) is 10.3 Å². The average Bonchev–Trinajstić information content (AvgIpc) is 2.34. The summed E-state index contributed by atoms with van der Waals surface area (Å²) >= 11 is 0. The van der Waals surface area contributed by atoms with E-state index in [4.69, 9.17) is 4.74 Å². The second kappa shape index (κ2) is 5.86. The SMILES string of the molecule is CCCOC(=O)c1cc(F)c(=O)[nH]c1NC1CCC1. The highest BCUT2D eigenvalue weighted by atomic mass is 19.1. The van der Waals surface area contributed by atoms with Gasteiger partial charge in [0.15, 0.2) is 5.82 Å². The first-order valence-corrected chi connectivity index (χ1v) is 6.48. The molecule has 1 aromatic rings. The molecule has 0 bridgehead atoms. The van der Waals surface area contributed by atoms with Gasteiger partial charge in [-0.1, -0.05) is 6.92 Å². The number of rotatable bonds is 5. The van der Waals surface area contributed by atoms with E-state index in [1.807, 2.05) is 6.92 Å². The lowest BCUT2D eigenvalue weighted by Crippen LogP contribution is -2.30. The van der Waals surface area contributed by atoms with Crippen LogP contribution in [0.3, 0.4) is 0 Å². The fourth-order valence-electron chi connectivity index (χ4n) is 1.81. The Kier molecular flexibility index (Phi) is 4.19. The summed E-state index contributed by atoms with van der Waals surface area (Å²) in [6, 6.07) is 1.15. The molecule has 1 aromatic heterocycles. The number of hydrogen-bond donors (Lipinski definition) is 2. The van der Waals surface area contributed by atoms with Gasteiger partial charge in [-0.25, -0.2) is 9.18 Å². The summed E-state index contributed by atoms with van der Waals surface area (Å²) in [5.74, 6) is -1.36. The average molecular weight is 268 g/mol. The van der Waals surface area contributed by atoms with Gasteiger partial charge in [-0.3, -0.25) is 4.79 Å². The zero-order valence-corrected chi connectivity index (χ0v) is 10.8. The maximum Gasteiger partial charge on any atom is 0.341 e. The number of carbonyl (C=O) groups is 1. The van der Waals surface area contributed by atoms with Gasteiger partial charge in [0.2, 0.25) is 0 Å². The lowest BCUT2D eigenvalue weighted by atomic mass is 9.93. The van der Waals surface area contributed by atoms with E-state index < -0.39 is 17.3 Å². The number of pyridine rings is 1. The summed E-state index contributed by atoms with van der Waals surface area (Å²) in [5, 5.41) is 3.05. The van der Waals surface area contributed by atoms with Crippen LogP contribution in [0.1, 0.15) is 43.0 Å². The summed E-state index contributed by atoms with van der Waals surface area (Å²) in [6.07, 6.45) is 3.74. The Morgan fingerprint density at radius 3 is 2.89 bits per heavy atom. The molecule has 5 nitrogen and oxygen atoms in total. The van der Waals surface area contributed by atoms with E-state index in [0.717, 1.165) is 25.3 Å². The van der Waals surface area contributed by atoms with E-state index >= 15 is 0 Å². The molecule has 2 rings (SSSR count). The molecule has 0 saturated heterocycles. The second-order valence-corrected chi connectivity index (χ2v) is 4.64. The van der Waals surface area contributed by atoms with Gasteiger partial charge in [0.25, 0.3) is 5.56 Å². The van der Waals surface area contributed by atoms with Crippen LogP contribution in [-0.4, -0.2) is 23.6 Å². The van der Waals surface area contributed by atoms with Crippen molar-refractivity contribution in [2.24, 2.45) is 0 Å². The number of H-pyrrole nitrogens is 1. The van der Waals surface area contributed by atoms with Gasteiger partial charge in [0.05, 0.1) is 6.61 Å². The van der Waals surface area contributed by atoms with Crippen molar-refractivity contribution >= 4 is 11.8 Å². The predicted octanol–water partition coefficient (Wildman–Crippen LogP) is 2.05. The van der Waals surface area contributed by atoms with Crippen LogP contribution >= 0.6 is 0 Å². The number of nitrogens with one attached hydrogen (secondary N) is 2. The maximum atomic E-state index is 13.3. The Morgan fingerprint density at radius 2 is 2.32 bits per heavy atom. The van der Waals surface area contributed by atoms with Gasteiger partial charge < -0.3 is 15.0 Å². The Hall–Kier alpha value is -1.85. The summed E-state index contributed by atoms with van der Waals surface area (Å²) < 4.78 is 18.3. The van der Waals surface area contributed by atoms with Crippen LogP contribution in [0.2, 0.25) is 0 Å². The molecule has 0 radical (unpaired) electrons. The lowest BCUT2D eigenvalue weighted by Gasteiger charge is -2.27. The van der Waals surface area contributed by atoms with Crippen molar-refractivity contribution in [2.45, 2.75) is 38.6 Å². The van der Waals surface area contributed by atoms with Crippen molar-refractivity contribution < 1.29 is 13.9 Å². The zero-order chi connectivity index (χ0) is 13.8. The summed E-state index contributed by atoms with van der Waals surface area (Å²) in [6.45, 7) is 2.14. The molecule has 0 atom stereocenters. The summed E-state index contributed by atoms with van der Waals surface area (Å²) in [7, 11) is 0. The molecule has 1 saturated carbocycles. The molecule has 104 valence electrons. The molecule has 2 N–H and O–H groups in total. The smallest absolute Gasteiger partial charge is 0.341 e. The van der Waals surface area contributed by atoms with Crippen LogP contribution < -0.4 is 10.9 Å². The van der Waals surface area contributed by atoms with Crippen molar-refractivity contribution in [3.8, 4) is 0 Å². The molecule has 0 spiro atoms. The fourth-order valence-corrected chi connectivity index (χ4v) is 1.81. The van der Waals surface area contributed by atoms with E-state index in [9.17, 15) is 14.0 Å². The van der Waals surface area contributed by atoms with E-state index in [1.165, 1.54) is 0 Å². The van der Waals surface area contributed by atoms with Gasteiger partial charge in [-0.2, -0.15) is 0 Å². The number of hydrogen-bond acceptors (Lipinski definition) is 4. The third-order valence-corrected chi connectivity index (χ3v) is 3.11. The maximum absolute atomic E-state index is 13.3. The Morgan fingerprint density at radius 1 is 1.58 bits per heavy atom. The molecule has 19 heavy (non-hydrogen) atoms. The van der Waals surface area contributed by atoms with Crippen molar-refractivity contribution in [3.05, 3.63) is 27.8 Å². The van der Waals surface area contributed by atoms with Crippen molar-refractivity contribution in [2.75, 3.05) is 11.9 Å². The molecule has 0 unspecified atom stereocenters. The summed E-state index contributed by atoms with van der Waals surface area (Å²) in [4.78, 5) is 25.5. The van der Waals surface area contributed by atoms with Crippen molar-refractivity contribution in [1.29, 1.82) is 0 Å². The monoisotopic (exact) mass is 268 g/mol. The Labute approximate surface area is 110 Å². The van der Waals surface area contributed by atoms with Crippen molar-refractivity contribution in [3.63, 3.8) is 0 Å². The van der Waals surface area contributed by atoms with Gasteiger partial charge in [0, 0.05) is 6.04 Å². The molecule has 1 fully saturated rings. The minimum absolute atomic E-state index is 0.0393. The highest BCUT2D eigenvalue weighted by Crippen LogP contribution is 2.24. The molecule has 0 aromatic carbocycles. The Balaban J connectivity index is 2.24. The van der Waals surface area contributed by atoms with Crippen LogP contribution in [-0.2, 0) is 4.74 Å². The number of anilines is 1. The fraction of sp³-hybridized carbons (Fsp3) is 0.538. The van der Waals surface area contributed by atoms with Crippen LogP contribution in [0.5, 0.6) is 0 Å². The Bertz CT molecular complexity index is 523. The number of halogens is 1. The van der Waals surface area contributed by atoms with Gasteiger partial charge in [-0.05, 0) is 31.7 Å². The number of ether oxygens (including phenoxy) is 1. The topological polar surface area (TPSA) is 71.2 Å². The zero-order valence-electron chi connectivity index (χ0n) is 10.8. The van der Waals surface area contributed by atoms with Crippen LogP contribution in [0.15, 0.2) is 10.9 Å². The normalized spacial score (nSPS) is 14.8. The predicted molar refractivity (Wildman–Crippen MR) is 68.9 cm³/mol. The van der Waals surface area contributed by atoms with Crippen molar-refractivity contribution in [1.82, 2.24) is 4.98 Å². The molecule has 0 amide bonds. The highest BCUT2D eigenvalue weighted by molar-refractivity contribution is 5.94. The van der Waals surface area contributed by atoms with Crippen LogP contribution in [0, 0.1) is 5.82 Å². The number of carbonyl (C=O) groups excluding carboxylic acids is 1. The first-order valence-electron chi connectivity index (χ1n) is 6.48. The second-order valence-electron chi connectivity index (χ2n) is 4.64. The molecule has 1 aliphatic carbocycles. The standard InChI is InChI=1S/C13H17FN2O3/c1-2-6-19-13(18)9-7-10(14)12(17)16-11(9)15-8-4-3-5-8/h7-8H,2-6H2,1H3,(H2,15,16,17). The first kappa shape index (κ1) is 13.6. The molecule has 0 aliphatic heterocycles. The molecule has 1 heterocycles. The summed E-state index contributed by atoms with van der Waals surface area (Å²) in [5.41, 5.74) is -0.800. The molecule has 1 aliphatic rings. The minimum atomic E-state index is -0.984. The number of esters is 1. The van der Waals surface area contributed by atoms with E-state index in [1.54, 1.807) is 0 Å². The van der Waals surface area contributed by atoms with E-state index in [-0.39, 0.29) is 24.0 Å². The van der Waals surface area contributed by atoms with Crippen LogP contribution in [0.25, 0.3) is 0 Å². The molecular weight excluding hydrogens is 251 g/mol. The van der Waals surface area contributed by atoms with Crippen LogP contribution in [0.4, 0.5) is 10.2 Å². The quantitative estimate of drug-likeness (QED) is 0.802. The van der Waals surface area contributed by atoms with Gasteiger partial charge in [-0.15, -0.1) is 0 Å². The van der Waals surface area contributed by atoms with Gasteiger partial charge in [0.1, 0.15) is 11.4 Å². The number of aromatic amines is 1. The largest absolute Gasteiger partial charge is 0.462 e. The molecule has 6 heteroatoms. The third-order valence-electron chi connectivity index (χ3n) is 3.11. The van der Waals surface area contributed by atoms with E-state index in [0.29, 0.717) is 6.42 Å². The molecular formula is C13H17FN2O3. The highest BCUT2D eigenvalue weighted by Gasteiger charge is 2.22. The van der Waals surface area contributed by atoms with Gasteiger partial charge >= 0.3 is 5.97 Å². The third kappa shape index (κ3) is 3.13. The number of aromatic nitrogens is 1. The first-order chi connectivity index (χ1) is 9.11.